The molecule has 0 amide bonds. The fourth-order valence-electron chi connectivity index (χ4n) is 1.08. The molecule has 3 nitrogen and oxygen atoms in total. The van der Waals surface area contributed by atoms with E-state index in [1.54, 1.807) is 13.0 Å². The van der Waals surface area contributed by atoms with E-state index in [0.717, 1.165) is 6.07 Å². The summed E-state index contributed by atoms with van der Waals surface area (Å²) in [5.41, 5.74) is 0.00426. The van der Waals surface area contributed by atoms with Crippen LogP contribution < -0.4 is 0 Å². The van der Waals surface area contributed by atoms with Crippen molar-refractivity contribution in [3.8, 4) is 6.07 Å². The van der Waals surface area contributed by atoms with Gasteiger partial charge in [-0.2, -0.15) is 5.26 Å². The molecular formula is C9H8F2N2O. The van der Waals surface area contributed by atoms with Crippen LogP contribution in [0.1, 0.15) is 28.9 Å². The molecule has 0 aromatic carbocycles. The van der Waals surface area contributed by atoms with Gasteiger partial charge >= 0.3 is 0 Å². The number of hydrogen-bond acceptors (Lipinski definition) is 3. The second kappa shape index (κ2) is 4.11. The lowest BCUT2D eigenvalue weighted by Gasteiger charge is -2.06. The van der Waals surface area contributed by atoms with Crippen molar-refractivity contribution in [2.24, 2.45) is 0 Å². The Morgan fingerprint density at radius 2 is 2.29 bits per heavy atom. The number of aromatic nitrogens is 1. The molecule has 0 saturated carbocycles. The van der Waals surface area contributed by atoms with Crippen LogP contribution in [0.5, 0.6) is 0 Å². The molecule has 0 fully saturated rings. The van der Waals surface area contributed by atoms with Crippen molar-refractivity contribution in [2.45, 2.75) is 20.0 Å². The third-order valence-corrected chi connectivity index (χ3v) is 1.86. The number of rotatable bonds is 2. The van der Waals surface area contributed by atoms with Gasteiger partial charge in [0.2, 0.25) is 0 Å². The Kier molecular flexibility index (Phi) is 3.10. The first-order valence-corrected chi connectivity index (χ1v) is 3.89. The monoisotopic (exact) mass is 198 g/mol. The van der Waals surface area contributed by atoms with Crippen molar-refractivity contribution in [2.75, 3.05) is 0 Å². The molecule has 0 aliphatic heterocycles. The molecule has 0 aliphatic rings. The Balaban J connectivity index is 3.34. The number of aliphatic hydroxyl groups is 1. The Bertz CT molecular complexity index is 385. The van der Waals surface area contributed by atoms with Gasteiger partial charge in [0.25, 0.3) is 6.43 Å². The fourth-order valence-corrected chi connectivity index (χ4v) is 1.08. The fraction of sp³-hybridized carbons (Fsp3) is 0.333. The van der Waals surface area contributed by atoms with E-state index in [1.165, 1.54) is 0 Å². The highest BCUT2D eigenvalue weighted by molar-refractivity contribution is 5.37. The molecule has 0 atom stereocenters. The number of pyridine rings is 1. The van der Waals surface area contributed by atoms with Crippen LogP contribution in [0, 0.1) is 18.3 Å². The predicted molar refractivity (Wildman–Crippen MR) is 44.6 cm³/mol. The minimum absolute atomic E-state index is 0.283. The average Bonchev–Trinajstić information content (AvgIpc) is 2.16. The van der Waals surface area contributed by atoms with E-state index in [0.29, 0.717) is 11.3 Å². The third-order valence-electron chi connectivity index (χ3n) is 1.86. The summed E-state index contributed by atoms with van der Waals surface area (Å²) < 4.78 is 24.8. The lowest BCUT2D eigenvalue weighted by Crippen LogP contribution is -2.01. The largest absolute Gasteiger partial charge is 0.392 e. The highest BCUT2D eigenvalue weighted by atomic mass is 19.3. The van der Waals surface area contributed by atoms with Crippen molar-refractivity contribution < 1.29 is 13.9 Å². The van der Waals surface area contributed by atoms with Crippen LogP contribution in [0.25, 0.3) is 0 Å². The summed E-state index contributed by atoms with van der Waals surface area (Å²) in [5, 5.41) is 17.4. The van der Waals surface area contributed by atoms with Crippen LogP contribution in [-0.4, -0.2) is 10.1 Å². The molecule has 0 spiro atoms. The summed E-state index contributed by atoms with van der Waals surface area (Å²) >= 11 is 0. The summed E-state index contributed by atoms with van der Waals surface area (Å²) in [4.78, 5) is 3.68. The SMILES string of the molecule is Cc1nc(C#N)c(C(F)F)cc1CO. The first kappa shape index (κ1) is 10.5. The summed E-state index contributed by atoms with van der Waals surface area (Å²) in [6.07, 6.45) is -2.75. The number of nitriles is 1. The van der Waals surface area contributed by atoms with Crippen LogP contribution >= 0.6 is 0 Å². The van der Waals surface area contributed by atoms with Crippen LogP contribution in [0.4, 0.5) is 8.78 Å². The molecule has 1 aromatic rings. The molecule has 0 aliphatic carbocycles. The van der Waals surface area contributed by atoms with Gasteiger partial charge in [-0.1, -0.05) is 0 Å². The quantitative estimate of drug-likeness (QED) is 0.786. The second-order valence-electron chi connectivity index (χ2n) is 2.74. The number of hydrogen-bond donors (Lipinski definition) is 1. The van der Waals surface area contributed by atoms with Gasteiger partial charge in [-0.3, -0.25) is 0 Å². The Morgan fingerprint density at radius 3 is 2.71 bits per heavy atom. The van der Waals surface area contributed by atoms with Gasteiger partial charge in [0, 0.05) is 5.69 Å². The molecule has 5 heteroatoms. The van der Waals surface area contributed by atoms with Crippen LogP contribution in [0.3, 0.4) is 0 Å². The van der Waals surface area contributed by atoms with Crippen molar-refractivity contribution >= 4 is 0 Å². The zero-order chi connectivity index (χ0) is 10.7. The molecule has 1 rings (SSSR count). The van der Waals surface area contributed by atoms with Crippen molar-refractivity contribution in [1.82, 2.24) is 4.98 Å². The predicted octanol–water partition coefficient (Wildman–Crippen LogP) is 1.69. The average molecular weight is 198 g/mol. The smallest absolute Gasteiger partial charge is 0.266 e. The number of aryl methyl sites for hydroxylation is 1. The molecule has 0 bridgehead atoms. The molecule has 14 heavy (non-hydrogen) atoms. The van der Waals surface area contributed by atoms with Crippen molar-refractivity contribution in [3.05, 3.63) is 28.6 Å². The van der Waals surface area contributed by atoms with Gasteiger partial charge in [0.05, 0.1) is 12.2 Å². The highest BCUT2D eigenvalue weighted by Crippen LogP contribution is 2.23. The topological polar surface area (TPSA) is 56.9 Å². The second-order valence-corrected chi connectivity index (χ2v) is 2.74. The van der Waals surface area contributed by atoms with Gasteiger partial charge in [-0.05, 0) is 18.6 Å². The maximum atomic E-state index is 12.4. The first-order valence-electron chi connectivity index (χ1n) is 3.89. The van der Waals surface area contributed by atoms with E-state index in [-0.39, 0.29) is 12.3 Å². The Morgan fingerprint density at radius 1 is 1.64 bits per heavy atom. The Labute approximate surface area is 79.6 Å². The highest BCUT2D eigenvalue weighted by Gasteiger charge is 2.16. The molecule has 0 saturated heterocycles. The van der Waals surface area contributed by atoms with E-state index in [2.05, 4.69) is 4.98 Å². The van der Waals surface area contributed by atoms with E-state index >= 15 is 0 Å². The molecule has 74 valence electrons. The van der Waals surface area contributed by atoms with E-state index in [9.17, 15) is 8.78 Å². The number of alkyl halides is 2. The number of nitrogens with zero attached hydrogens (tertiary/aromatic N) is 2. The van der Waals surface area contributed by atoms with Crippen LogP contribution in [0.2, 0.25) is 0 Å². The summed E-state index contributed by atoms with van der Waals surface area (Å²) in [5.74, 6) is 0. The van der Waals surface area contributed by atoms with Crippen molar-refractivity contribution in [1.29, 1.82) is 5.26 Å². The molecule has 1 aromatic heterocycles. The summed E-state index contributed by atoms with van der Waals surface area (Å²) in [6.45, 7) is 1.20. The molecular weight excluding hydrogens is 190 g/mol. The standard InChI is InChI=1S/C9H8F2N2O/c1-5-6(4-14)2-7(9(10)11)8(3-12)13-5/h2,9,14H,4H2,1H3. The van der Waals surface area contributed by atoms with Crippen LogP contribution in [0.15, 0.2) is 6.07 Å². The maximum Gasteiger partial charge on any atom is 0.266 e. The third kappa shape index (κ3) is 1.86. The molecule has 1 heterocycles. The Hall–Kier alpha value is -1.54. The van der Waals surface area contributed by atoms with E-state index in [4.69, 9.17) is 10.4 Å². The number of aliphatic hydroxyl groups excluding tert-OH is 1. The minimum Gasteiger partial charge on any atom is -0.392 e. The van der Waals surface area contributed by atoms with Gasteiger partial charge < -0.3 is 5.11 Å². The van der Waals surface area contributed by atoms with E-state index in [1.807, 2.05) is 0 Å². The normalized spacial score (nSPS) is 10.3. The lowest BCUT2D eigenvalue weighted by molar-refractivity contribution is 0.150. The first-order chi connectivity index (χ1) is 6.60. The molecule has 0 unspecified atom stereocenters. The van der Waals surface area contributed by atoms with Gasteiger partial charge in [-0.15, -0.1) is 0 Å². The maximum absolute atomic E-state index is 12.4. The summed E-state index contributed by atoms with van der Waals surface area (Å²) in [6, 6.07) is 2.71. The van der Waals surface area contributed by atoms with Gasteiger partial charge in [-0.25, -0.2) is 13.8 Å². The van der Waals surface area contributed by atoms with Crippen LogP contribution in [-0.2, 0) is 6.61 Å². The van der Waals surface area contributed by atoms with Gasteiger partial charge in [0.15, 0.2) is 0 Å². The number of halogens is 2. The molecule has 1 N–H and O–H groups in total. The zero-order valence-corrected chi connectivity index (χ0v) is 7.46. The van der Waals surface area contributed by atoms with Crippen molar-refractivity contribution in [3.63, 3.8) is 0 Å². The van der Waals surface area contributed by atoms with E-state index < -0.39 is 12.0 Å². The zero-order valence-electron chi connectivity index (χ0n) is 7.46. The van der Waals surface area contributed by atoms with Gasteiger partial charge in [0.1, 0.15) is 11.8 Å². The molecule has 0 radical (unpaired) electrons. The minimum atomic E-state index is -2.75. The lowest BCUT2D eigenvalue weighted by atomic mass is 10.1. The summed E-state index contributed by atoms with van der Waals surface area (Å²) in [7, 11) is 0.